The second-order valence-corrected chi connectivity index (χ2v) is 5.44. The van der Waals surface area contributed by atoms with Gasteiger partial charge in [0.1, 0.15) is 5.75 Å². The average molecular weight is 335 g/mol. The van der Waals surface area contributed by atoms with E-state index in [4.69, 9.17) is 0 Å². The molecule has 0 fully saturated rings. The lowest BCUT2D eigenvalue weighted by Gasteiger charge is -2.18. The van der Waals surface area contributed by atoms with E-state index in [1.807, 2.05) is 43.3 Å². The number of halogens is 1. The lowest BCUT2D eigenvalue weighted by Crippen LogP contribution is -2.16. The molecule has 0 saturated heterocycles. The quantitative estimate of drug-likeness (QED) is 0.903. The summed E-state index contributed by atoms with van der Waals surface area (Å²) in [5.41, 5.74) is 1.82. The van der Waals surface area contributed by atoms with Gasteiger partial charge in [-0.25, -0.2) is 0 Å². The Labute approximate surface area is 126 Å². The number of aromatic hydroxyl groups is 1. The van der Waals surface area contributed by atoms with Gasteiger partial charge in [0.25, 0.3) is 5.91 Å². The number of hydrogen-bond acceptors (Lipinski definition) is 3. The normalized spacial score (nSPS) is 10.2. The van der Waals surface area contributed by atoms with E-state index in [2.05, 4.69) is 21.2 Å². The van der Waals surface area contributed by atoms with Crippen LogP contribution in [0, 0.1) is 0 Å². The number of hydrogen-bond donors (Lipinski definition) is 2. The van der Waals surface area contributed by atoms with Crippen molar-refractivity contribution < 1.29 is 9.90 Å². The first-order valence-electron chi connectivity index (χ1n) is 6.05. The van der Waals surface area contributed by atoms with E-state index in [-0.39, 0.29) is 17.2 Å². The Balaban J connectivity index is 2.31. The van der Waals surface area contributed by atoms with Gasteiger partial charge in [-0.15, -0.1) is 0 Å². The molecule has 2 aromatic carbocycles. The fraction of sp³-hybridized carbons (Fsp3) is 0.133. The zero-order valence-corrected chi connectivity index (χ0v) is 12.8. The maximum absolute atomic E-state index is 12.3. The lowest BCUT2D eigenvalue weighted by atomic mass is 10.1. The van der Waals surface area contributed by atoms with Gasteiger partial charge in [-0.05, 0) is 30.3 Å². The molecule has 104 valence electrons. The number of phenolic OH excluding ortho intramolecular Hbond substituents is 1. The largest absolute Gasteiger partial charge is 0.507 e. The van der Waals surface area contributed by atoms with Crippen LogP contribution in [-0.2, 0) is 0 Å². The molecule has 20 heavy (non-hydrogen) atoms. The van der Waals surface area contributed by atoms with E-state index in [1.165, 1.54) is 6.07 Å². The molecule has 1 amide bonds. The van der Waals surface area contributed by atoms with Gasteiger partial charge in [-0.3, -0.25) is 4.79 Å². The fourth-order valence-corrected chi connectivity index (χ4v) is 2.21. The zero-order chi connectivity index (χ0) is 14.7. The Morgan fingerprint density at radius 1 is 1.20 bits per heavy atom. The molecule has 0 saturated carbocycles. The molecule has 2 N–H and O–H groups in total. The minimum Gasteiger partial charge on any atom is -0.507 e. The molecule has 2 aromatic rings. The van der Waals surface area contributed by atoms with Crippen molar-refractivity contribution in [3.05, 3.63) is 52.5 Å². The second kappa shape index (κ2) is 5.96. The summed E-state index contributed by atoms with van der Waals surface area (Å²) in [7, 11) is 3.81. The van der Waals surface area contributed by atoms with Gasteiger partial charge in [0.05, 0.1) is 16.9 Å². The van der Waals surface area contributed by atoms with Crippen molar-refractivity contribution in [2.45, 2.75) is 0 Å². The summed E-state index contributed by atoms with van der Waals surface area (Å²) in [6.07, 6.45) is 0. The van der Waals surface area contributed by atoms with Crippen LogP contribution in [0.25, 0.3) is 0 Å². The number of benzene rings is 2. The van der Waals surface area contributed by atoms with Crippen LogP contribution in [0.15, 0.2) is 46.9 Å². The highest BCUT2D eigenvalue weighted by Gasteiger charge is 2.14. The third-order valence-electron chi connectivity index (χ3n) is 2.84. The number of rotatable bonds is 3. The van der Waals surface area contributed by atoms with E-state index in [0.717, 1.165) is 10.2 Å². The maximum atomic E-state index is 12.3. The summed E-state index contributed by atoms with van der Waals surface area (Å²) in [5.74, 6) is -0.397. The van der Waals surface area contributed by atoms with Crippen LogP contribution < -0.4 is 10.2 Å². The van der Waals surface area contributed by atoms with Crippen molar-refractivity contribution in [1.82, 2.24) is 0 Å². The van der Waals surface area contributed by atoms with Gasteiger partial charge < -0.3 is 15.3 Å². The van der Waals surface area contributed by atoms with Crippen molar-refractivity contribution in [3.63, 3.8) is 0 Å². The van der Waals surface area contributed by atoms with Crippen molar-refractivity contribution in [3.8, 4) is 5.75 Å². The number of amides is 1. The Bertz CT molecular complexity index is 642. The summed E-state index contributed by atoms with van der Waals surface area (Å²) < 4.78 is 0.737. The van der Waals surface area contributed by atoms with Crippen LogP contribution in [-0.4, -0.2) is 25.1 Å². The molecule has 0 atom stereocenters. The predicted octanol–water partition coefficient (Wildman–Crippen LogP) is 3.47. The number of nitrogens with one attached hydrogen (secondary N) is 1. The summed E-state index contributed by atoms with van der Waals surface area (Å²) in [4.78, 5) is 14.2. The van der Waals surface area contributed by atoms with Gasteiger partial charge in [-0.1, -0.05) is 28.1 Å². The van der Waals surface area contributed by atoms with Crippen LogP contribution in [0.4, 0.5) is 11.4 Å². The van der Waals surface area contributed by atoms with Crippen molar-refractivity contribution in [2.75, 3.05) is 24.3 Å². The topological polar surface area (TPSA) is 52.6 Å². The van der Waals surface area contributed by atoms with E-state index >= 15 is 0 Å². The molecule has 0 unspecified atom stereocenters. The average Bonchev–Trinajstić information content (AvgIpc) is 2.41. The summed E-state index contributed by atoms with van der Waals surface area (Å²) in [5, 5.41) is 12.6. The van der Waals surface area contributed by atoms with Gasteiger partial charge in [0.15, 0.2) is 0 Å². The molecular formula is C15H15BrN2O2. The number of carbonyl (C=O) groups is 1. The van der Waals surface area contributed by atoms with E-state index < -0.39 is 0 Å². The lowest BCUT2D eigenvalue weighted by molar-refractivity contribution is 0.102. The first-order valence-corrected chi connectivity index (χ1v) is 6.84. The molecule has 2 rings (SSSR count). The van der Waals surface area contributed by atoms with E-state index in [0.29, 0.717) is 5.69 Å². The number of phenols is 1. The highest BCUT2D eigenvalue weighted by Crippen LogP contribution is 2.26. The Morgan fingerprint density at radius 2 is 1.90 bits per heavy atom. The summed E-state index contributed by atoms with van der Waals surface area (Å²) in [6.45, 7) is 0. The standard InChI is InChI=1S/C15H15BrN2O2/c1-18(2)13-6-4-3-5-12(13)17-15(20)11-9-10(16)7-8-14(11)19/h3-9,19H,1-2H3,(H,17,20). The van der Waals surface area contributed by atoms with Gasteiger partial charge in [0, 0.05) is 18.6 Å². The highest BCUT2D eigenvalue weighted by molar-refractivity contribution is 9.10. The minimum atomic E-state index is -0.349. The fourth-order valence-electron chi connectivity index (χ4n) is 1.85. The molecule has 0 aromatic heterocycles. The second-order valence-electron chi connectivity index (χ2n) is 4.53. The first kappa shape index (κ1) is 14.4. The monoisotopic (exact) mass is 334 g/mol. The summed E-state index contributed by atoms with van der Waals surface area (Å²) in [6, 6.07) is 12.2. The van der Waals surface area contributed by atoms with Gasteiger partial charge in [0.2, 0.25) is 0 Å². The number of nitrogens with zero attached hydrogens (tertiary/aromatic N) is 1. The molecule has 0 aliphatic rings. The molecule has 5 heteroatoms. The number of anilines is 2. The molecule has 0 spiro atoms. The summed E-state index contributed by atoms with van der Waals surface area (Å²) >= 11 is 3.29. The SMILES string of the molecule is CN(C)c1ccccc1NC(=O)c1cc(Br)ccc1O. The van der Waals surface area contributed by atoms with Crippen molar-refractivity contribution in [1.29, 1.82) is 0 Å². The van der Waals surface area contributed by atoms with E-state index in [9.17, 15) is 9.90 Å². The molecule has 0 aliphatic carbocycles. The Morgan fingerprint density at radius 3 is 2.60 bits per heavy atom. The number of carbonyl (C=O) groups excluding carboxylic acids is 1. The third kappa shape index (κ3) is 3.11. The Hall–Kier alpha value is -2.01. The third-order valence-corrected chi connectivity index (χ3v) is 3.33. The van der Waals surface area contributed by atoms with Gasteiger partial charge >= 0.3 is 0 Å². The van der Waals surface area contributed by atoms with Crippen molar-refractivity contribution in [2.24, 2.45) is 0 Å². The van der Waals surface area contributed by atoms with Crippen LogP contribution in [0.1, 0.15) is 10.4 Å². The van der Waals surface area contributed by atoms with Crippen LogP contribution in [0.2, 0.25) is 0 Å². The van der Waals surface area contributed by atoms with Crippen LogP contribution in [0.3, 0.4) is 0 Å². The highest BCUT2D eigenvalue weighted by atomic mass is 79.9. The number of para-hydroxylation sites is 2. The molecule has 0 aliphatic heterocycles. The zero-order valence-electron chi connectivity index (χ0n) is 11.2. The minimum absolute atomic E-state index is 0.0481. The molecule has 4 nitrogen and oxygen atoms in total. The first-order chi connectivity index (χ1) is 9.49. The predicted molar refractivity (Wildman–Crippen MR) is 84.5 cm³/mol. The van der Waals surface area contributed by atoms with Crippen LogP contribution >= 0.6 is 15.9 Å². The maximum Gasteiger partial charge on any atom is 0.259 e. The van der Waals surface area contributed by atoms with Crippen molar-refractivity contribution >= 4 is 33.2 Å². The van der Waals surface area contributed by atoms with E-state index in [1.54, 1.807) is 12.1 Å². The van der Waals surface area contributed by atoms with Crippen LogP contribution in [0.5, 0.6) is 5.75 Å². The smallest absolute Gasteiger partial charge is 0.259 e. The molecule has 0 radical (unpaired) electrons. The molecule has 0 heterocycles. The molecular weight excluding hydrogens is 320 g/mol. The molecule has 0 bridgehead atoms. The van der Waals surface area contributed by atoms with Gasteiger partial charge in [-0.2, -0.15) is 0 Å². The Kier molecular flexibility index (Phi) is 4.29.